The minimum absolute atomic E-state index is 0.0109. The summed E-state index contributed by atoms with van der Waals surface area (Å²) in [5.41, 5.74) is -1.21. The largest absolute Gasteiger partial charge is 0.507 e. The molecular formula is C11H7ClO6. The van der Waals surface area contributed by atoms with Gasteiger partial charge in [0, 0.05) is 5.56 Å². The predicted molar refractivity (Wildman–Crippen MR) is 60.5 cm³/mol. The highest BCUT2D eigenvalue weighted by molar-refractivity contribution is 6.36. The third-order valence-corrected chi connectivity index (χ3v) is 3.19. The summed E-state index contributed by atoms with van der Waals surface area (Å²) in [4.78, 5) is 23.3. The first-order chi connectivity index (χ1) is 8.29. The standard InChI is InChI=1S/C11H7ClO6/c1-2-5(12)7(14)4-3(6(2)13)8(15)10(17)11(18)9(4)16/h13-14,17-18H,1H3. The van der Waals surface area contributed by atoms with Crippen molar-refractivity contribution in [3.05, 3.63) is 33.2 Å². The lowest BCUT2D eigenvalue weighted by atomic mass is 9.89. The van der Waals surface area contributed by atoms with E-state index in [1.165, 1.54) is 6.92 Å². The van der Waals surface area contributed by atoms with Crippen molar-refractivity contribution in [2.45, 2.75) is 6.92 Å². The Kier molecular flexibility index (Phi) is 2.48. The minimum atomic E-state index is -1.19. The number of rotatable bonds is 0. The molecule has 0 heterocycles. The van der Waals surface area contributed by atoms with E-state index in [4.69, 9.17) is 11.6 Å². The fraction of sp³-hybridized carbons (Fsp3) is 0.0909. The van der Waals surface area contributed by atoms with Gasteiger partial charge in [-0.3, -0.25) is 9.59 Å². The van der Waals surface area contributed by atoms with Crippen molar-refractivity contribution in [1.82, 2.24) is 0 Å². The van der Waals surface area contributed by atoms with Gasteiger partial charge in [-0.15, -0.1) is 0 Å². The zero-order valence-electron chi connectivity index (χ0n) is 8.98. The van der Waals surface area contributed by atoms with Gasteiger partial charge in [0.1, 0.15) is 11.5 Å². The zero-order valence-corrected chi connectivity index (χ0v) is 9.74. The number of allylic oxidation sites excluding steroid dienone is 2. The quantitative estimate of drug-likeness (QED) is 0.534. The van der Waals surface area contributed by atoms with Crippen LogP contribution in [0.4, 0.5) is 0 Å². The molecule has 0 radical (unpaired) electrons. The lowest BCUT2D eigenvalue weighted by Gasteiger charge is -2.18. The number of benzene rings is 1. The molecule has 0 bridgehead atoms. The summed E-state index contributed by atoms with van der Waals surface area (Å²) < 4.78 is 0. The van der Waals surface area contributed by atoms with Crippen LogP contribution >= 0.6 is 11.6 Å². The lowest BCUT2D eigenvalue weighted by molar-refractivity contribution is 0.0875. The normalized spacial score (nSPS) is 15.0. The first-order valence-electron chi connectivity index (χ1n) is 4.74. The van der Waals surface area contributed by atoms with E-state index in [1.54, 1.807) is 0 Å². The highest BCUT2D eigenvalue weighted by Crippen LogP contribution is 2.43. The van der Waals surface area contributed by atoms with Crippen LogP contribution in [0.1, 0.15) is 26.3 Å². The summed E-state index contributed by atoms with van der Waals surface area (Å²) in [6, 6.07) is 0. The average molecular weight is 271 g/mol. The Bertz CT molecular complexity index is 589. The molecule has 0 unspecified atom stereocenters. The first-order valence-corrected chi connectivity index (χ1v) is 5.12. The van der Waals surface area contributed by atoms with Gasteiger partial charge in [-0.25, -0.2) is 0 Å². The Labute approximate surface area is 105 Å². The Balaban J connectivity index is 2.96. The molecule has 0 fully saturated rings. The van der Waals surface area contributed by atoms with Crippen LogP contribution in [0, 0.1) is 6.92 Å². The van der Waals surface area contributed by atoms with Gasteiger partial charge in [0.15, 0.2) is 0 Å². The van der Waals surface area contributed by atoms with Gasteiger partial charge in [-0.1, -0.05) is 11.6 Å². The molecule has 0 saturated carbocycles. The van der Waals surface area contributed by atoms with Gasteiger partial charge in [-0.05, 0) is 6.92 Å². The van der Waals surface area contributed by atoms with Crippen molar-refractivity contribution < 1.29 is 30.0 Å². The Morgan fingerprint density at radius 2 is 1.22 bits per heavy atom. The molecule has 6 nitrogen and oxygen atoms in total. The zero-order chi connectivity index (χ0) is 13.8. The fourth-order valence-corrected chi connectivity index (χ4v) is 1.89. The molecule has 0 spiro atoms. The van der Waals surface area contributed by atoms with Crippen molar-refractivity contribution >= 4 is 23.2 Å². The molecular weight excluding hydrogens is 264 g/mol. The first kappa shape index (κ1) is 12.3. The van der Waals surface area contributed by atoms with Crippen LogP contribution in [0.2, 0.25) is 5.02 Å². The van der Waals surface area contributed by atoms with E-state index in [9.17, 15) is 30.0 Å². The average Bonchev–Trinajstić information content (AvgIpc) is 2.35. The molecule has 1 aromatic carbocycles. The van der Waals surface area contributed by atoms with Gasteiger partial charge in [-0.2, -0.15) is 0 Å². The number of fused-ring (bicyclic) bond motifs is 1. The van der Waals surface area contributed by atoms with Crippen LogP contribution in [0.25, 0.3) is 0 Å². The molecule has 0 amide bonds. The van der Waals surface area contributed by atoms with Gasteiger partial charge >= 0.3 is 0 Å². The lowest BCUT2D eigenvalue weighted by Crippen LogP contribution is -2.22. The maximum atomic E-state index is 11.7. The second-order valence-corrected chi connectivity index (χ2v) is 4.12. The predicted octanol–water partition coefficient (Wildman–Crippen LogP) is 1.77. The summed E-state index contributed by atoms with van der Waals surface area (Å²) in [6.07, 6.45) is 0. The fourth-order valence-electron chi connectivity index (χ4n) is 1.71. The smallest absolute Gasteiger partial charge is 0.236 e. The van der Waals surface area contributed by atoms with Crippen LogP contribution in [-0.4, -0.2) is 32.0 Å². The van der Waals surface area contributed by atoms with Crippen molar-refractivity contribution in [1.29, 1.82) is 0 Å². The number of carbonyl (C=O) groups is 2. The second kappa shape index (κ2) is 3.64. The van der Waals surface area contributed by atoms with Crippen molar-refractivity contribution in [2.24, 2.45) is 0 Å². The third kappa shape index (κ3) is 1.29. The molecule has 2 rings (SSSR count). The number of carbonyl (C=O) groups excluding carboxylic acids is 2. The molecule has 1 aromatic rings. The summed E-state index contributed by atoms with van der Waals surface area (Å²) in [7, 11) is 0. The maximum absolute atomic E-state index is 11.7. The van der Waals surface area contributed by atoms with Gasteiger partial charge in [0.05, 0.1) is 16.1 Å². The number of ketones is 2. The summed E-state index contributed by atoms with van der Waals surface area (Å²) in [5.74, 6) is -6.05. The second-order valence-electron chi connectivity index (χ2n) is 3.74. The van der Waals surface area contributed by atoms with Crippen LogP contribution in [0.3, 0.4) is 0 Å². The van der Waals surface area contributed by atoms with Crippen LogP contribution in [-0.2, 0) is 0 Å². The molecule has 18 heavy (non-hydrogen) atoms. The maximum Gasteiger partial charge on any atom is 0.236 e. The number of hydrogen-bond acceptors (Lipinski definition) is 6. The van der Waals surface area contributed by atoms with E-state index in [0.29, 0.717) is 0 Å². The topological polar surface area (TPSA) is 115 Å². The van der Waals surface area contributed by atoms with Gasteiger partial charge in [0.25, 0.3) is 0 Å². The number of aliphatic hydroxyl groups excluding tert-OH is 2. The summed E-state index contributed by atoms with van der Waals surface area (Å²) in [5, 5.41) is 37.7. The van der Waals surface area contributed by atoms with E-state index >= 15 is 0 Å². The molecule has 4 N–H and O–H groups in total. The van der Waals surface area contributed by atoms with E-state index in [1.807, 2.05) is 0 Å². The molecule has 1 aliphatic carbocycles. The summed E-state index contributed by atoms with van der Waals surface area (Å²) >= 11 is 5.68. The molecule has 1 aliphatic rings. The minimum Gasteiger partial charge on any atom is -0.507 e. The monoisotopic (exact) mass is 270 g/mol. The van der Waals surface area contributed by atoms with Crippen molar-refractivity contribution in [3.8, 4) is 11.5 Å². The van der Waals surface area contributed by atoms with E-state index in [2.05, 4.69) is 0 Å². The van der Waals surface area contributed by atoms with Gasteiger partial charge in [0.2, 0.25) is 23.1 Å². The highest BCUT2D eigenvalue weighted by atomic mass is 35.5. The van der Waals surface area contributed by atoms with Crippen LogP contribution in [0.15, 0.2) is 11.5 Å². The van der Waals surface area contributed by atoms with Crippen LogP contribution < -0.4 is 0 Å². The van der Waals surface area contributed by atoms with Crippen LogP contribution in [0.5, 0.6) is 11.5 Å². The molecule has 0 saturated heterocycles. The number of Topliss-reactive ketones (excluding diaryl/α,β-unsaturated/α-hetero) is 2. The number of aromatic hydroxyl groups is 2. The van der Waals surface area contributed by atoms with E-state index in [0.717, 1.165) is 0 Å². The molecule has 7 heteroatoms. The summed E-state index contributed by atoms with van der Waals surface area (Å²) in [6.45, 7) is 1.32. The van der Waals surface area contributed by atoms with E-state index in [-0.39, 0.29) is 10.6 Å². The third-order valence-electron chi connectivity index (χ3n) is 2.72. The van der Waals surface area contributed by atoms with Gasteiger partial charge < -0.3 is 20.4 Å². The molecule has 0 aromatic heterocycles. The molecule has 94 valence electrons. The molecule has 0 atom stereocenters. The Morgan fingerprint density at radius 1 is 0.833 bits per heavy atom. The number of phenolic OH excluding ortho intramolecular Hbond substituents is 2. The SMILES string of the molecule is Cc1c(O)c2c(c(O)c1Cl)C(=O)C(O)=C(O)C2=O. The number of halogens is 1. The Hall–Kier alpha value is -2.21. The number of aliphatic hydroxyl groups is 2. The number of hydrogen-bond donors (Lipinski definition) is 4. The Morgan fingerprint density at radius 3 is 1.67 bits per heavy atom. The van der Waals surface area contributed by atoms with Crippen molar-refractivity contribution in [3.63, 3.8) is 0 Å². The highest BCUT2D eigenvalue weighted by Gasteiger charge is 2.38. The molecule has 0 aliphatic heterocycles. The number of phenols is 2. The van der Waals surface area contributed by atoms with E-state index < -0.39 is 45.7 Å². The van der Waals surface area contributed by atoms with Crippen molar-refractivity contribution in [2.75, 3.05) is 0 Å².